The fraction of sp³-hybridized carbons (Fsp3) is 0.633. The zero-order chi connectivity index (χ0) is 28.6. The minimum atomic E-state index is -1.09. The number of nitrogens with zero attached hydrogens (tertiary/aromatic N) is 1. The highest BCUT2D eigenvalue weighted by molar-refractivity contribution is 14.1. The predicted molar refractivity (Wildman–Crippen MR) is 158 cm³/mol. The van der Waals surface area contributed by atoms with Crippen LogP contribution in [0.4, 0.5) is 0 Å². The molecule has 2 fully saturated rings. The predicted octanol–water partition coefficient (Wildman–Crippen LogP) is 3.63. The van der Waals surface area contributed by atoms with Gasteiger partial charge in [-0.3, -0.25) is 14.4 Å². The summed E-state index contributed by atoms with van der Waals surface area (Å²) in [6, 6.07) is 2.59. The van der Waals surface area contributed by atoms with Crippen molar-refractivity contribution < 1.29 is 34.1 Å². The first kappa shape index (κ1) is 30.8. The third-order valence-corrected chi connectivity index (χ3v) is 9.22. The van der Waals surface area contributed by atoms with Crippen LogP contribution in [0.5, 0.6) is 11.5 Å². The Labute approximate surface area is 249 Å². The Morgan fingerprint density at radius 3 is 2.48 bits per heavy atom. The number of methoxy groups -OCH3 is 1. The lowest BCUT2D eigenvalue weighted by molar-refractivity contribution is -0.144. The first-order chi connectivity index (χ1) is 19.4. The second-order valence-corrected chi connectivity index (χ2v) is 12.3. The molecule has 1 aromatic carbocycles. The molecule has 3 aliphatic carbocycles. The van der Waals surface area contributed by atoms with Crippen LogP contribution >= 0.6 is 22.6 Å². The fourth-order valence-corrected chi connectivity index (χ4v) is 7.03. The maximum atomic E-state index is 14.0. The topological polar surface area (TPSA) is 125 Å². The molecule has 40 heavy (non-hydrogen) atoms. The molecule has 1 aromatic rings. The van der Waals surface area contributed by atoms with Gasteiger partial charge in [-0.15, -0.1) is 0 Å². The molecule has 10 heteroatoms. The van der Waals surface area contributed by atoms with E-state index in [0.717, 1.165) is 57.7 Å². The molecule has 2 amide bonds. The number of halogens is 1. The summed E-state index contributed by atoms with van der Waals surface area (Å²) in [5, 5.41) is 23.7. The third kappa shape index (κ3) is 7.36. The number of amides is 2. The number of aldehydes is 1. The Hall–Kier alpha value is -2.18. The van der Waals surface area contributed by atoms with Crippen LogP contribution in [-0.2, 0) is 9.59 Å². The van der Waals surface area contributed by atoms with Crippen LogP contribution in [-0.4, -0.2) is 78.3 Å². The van der Waals surface area contributed by atoms with E-state index in [0.29, 0.717) is 38.7 Å². The van der Waals surface area contributed by atoms with Gasteiger partial charge < -0.3 is 29.9 Å². The number of nitrogens with one attached hydrogen (secondary N) is 1. The quantitative estimate of drug-likeness (QED) is 0.243. The van der Waals surface area contributed by atoms with Crippen molar-refractivity contribution in [2.45, 2.75) is 82.5 Å². The molecule has 0 heterocycles. The summed E-state index contributed by atoms with van der Waals surface area (Å²) in [4.78, 5) is 40.3. The number of ether oxygens (including phenoxy) is 2. The van der Waals surface area contributed by atoms with Gasteiger partial charge >= 0.3 is 0 Å². The van der Waals surface area contributed by atoms with E-state index in [-0.39, 0.29) is 37.3 Å². The Morgan fingerprint density at radius 1 is 1.12 bits per heavy atom. The standard InChI is InChI=1S/C30H41IN2O7/c1-39-26-14-20(18-35)13-23(31)28(26)40-25-16-22(29(37)32-11-12-34)15-24(27(25)36)33(17-19-7-3-2-4-8-19)30(38)21-9-5-6-10-21/h13-14,16,18-19,21,24-25,27,34,36H,2-12,15,17H2,1H3,(H,32,37)/t24-,25+,27+/m1/s1. The molecule has 0 spiro atoms. The van der Waals surface area contributed by atoms with E-state index in [1.807, 2.05) is 4.90 Å². The summed E-state index contributed by atoms with van der Waals surface area (Å²) < 4.78 is 12.4. The third-order valence-electron chi connectivity index (χ3n) is 8.42. The van der Waals surface area contributed by atoms with Crippen LogP contribution in [0.3, 0.4) is 0 Å². The second-order valence-electron chi connectivity index (χ2n) is 11.1. The summed E-state index contributed by atoms with van der Waals surface area (Å²) in [6.45, 7) is 0.461. The molecule has 0 unspecified atom stereocenters. The molecule has 0 aliphatic heterocycles. The summed E-state index contributed by atoms with van der Waals surface area (Å²) in [7, 11) is 1.47. The highest BCUT2D eigenvalue weighted by atomic mass is 127. The lowest BCUT2D eigenvalue weighted by atomic mass is 9.84. The molecule has 0 saturated heterocycles. The van der Waals surface area contributed by atoms with Crippen molar-refractivity contribution >= 4 is 40.7 Å². The van der Waals surface area contributed by atoms with Crippen molar-refractivity contribution in [1.29, 1.82) is 0 Å². The Balaban J connectivity index is 1.69. The minimum absolute atomic E-state index is 0.0605. The molecular formula is C30H41IN2O7. The SMILES string of the molecule is COc1cc(C=O)cc(I)c1O[C@H]1C=C(C(=O)NCCO)C[C@@H](N(CC2CCCCC2)C(=O)C2CCCC2)[C@@H]1O. The van der Waals surface area contributed by atoms with Crippen molar-refractivity contribution in [2.75, 3.05) is 26.8 Å². The van der Waals surface area contributed by atoms with E-state index in [9.17, 15) is 24.6 Å². The van der Waals surface area contributed by atoms with E-state index in [2.05, 4.69) is 27.9 Å². The zero-order valence-electron chi connectivity index (χ0n) is 23.1. The number of aliphatic hydroxyl groups is 2. The van der Waals surface area contributed by atoms with Crippen LogP contribution < -0.4 is 14.8 Å². The number of benzene rings is 1. The van der Waals surface area contributed by atoms with E-state index in [4.69, 9.17) is 9.47 Å². The molecule has 0 bridgehead atoms. The van der Waals surface area contributed by atoms with E-state index < -0.39 is 18.2 Å². The number of carbonyl (C=O) groups excluding carboxylic acids is 3. The summed E-state index contributed by atoms with van der Waals surface area (Å²) in [5.41, 5.74) is 0.830. The molecule has 4 rings (SSSR count). The lowest BCUT2D eigenvalue weighted by Gasteiger charge is -2.43. The molecule has 3 aliphatic rings. The van der Waals surface area contributed by atoms with Gasteiger partial charge in [-0.25, -0.2) is 0 Å². The molecule has 220 valence electrons. The number of carbonyl (C=O) groups is 3. The van der Waals surface area contributed by atoms with Crippen LogP contribution in [0.15, 0.2) is 23.8 Å². The molecule has 0 radical (unpaired) electrons. The minimum Gasteiger partial charge on any atom is -0.493 e. The molecule has 3 atom stereocenters. The number of rotatable bonds is 11. The molecular weight excluding hydrogens is 627 g/mol. The van der Waals surface area contributed by atoms with Gasteiger partial charge in [0.2, 0.25) is 11.8 Å². The monoisotopic (exact) mass is 668 g/mol. The van der Waals surface area contributed by atoms with Crippen molar-refractivity contribution in [3.63, 3.8) is 0 Å². The normalized spacial score (nSPS) is 23.8. The maximum Gasteiger partial charge on any atom is 0.247 e. The van der Waals surface area contributed by atoms with Crippen LogP contribution in [0.25, 0.3) is 0 Å². The Kier molecular flexibility index (Phi) is 11.3. The van der Waals surface area contributed by atoms with Gasteiger partial charge in [0, 0.05) is 36.6 Å². The molecule has 2 saturated carbocycles. The fourth-order valence-electron chi connectivity index (χ4n) is 6.28. The lowest BCUT2D eigenvalue weighted by Crippen LogP contribution is -2.57. The van der Waals surface area contributed by atoms with E-state index in [1.165, 1.54) is 13.5 Å². The van der Waals surface area contributed by atoms with Crippen molar-refractivity contribution in [3.05, 3.63) is 32.9 Å². The number of aliphatic hydroxyl groups excluding tert-OH is 2. The van der Waals surface area contributed by atoms with E-state index >= 15 is 0 Å². The number of hydrogen-bond acceptors (Lipinski definition) is 7. The first-order valence-electron chi connectivity index (χ1n) is 14.4. The average molecular weight is 669 g/mol. The van der Waals surface area contributed by atoms with Gasteiger partial charge in [-0.05, 0) is 72.4 Å². The smallest absolute Gasteiger partial charge is 0.247 e. The van der Waals surface area contributed by atoms with Crippen LogP contribution in [0.1, 0.15) is 74.6 Å². The van der Waals surface area contributed by atoms with Gasteiger partial charge in [0.25, 0.3) is 0 Å². The van der Waals surface area contributed by atoms with Gasteiger partial charge in [0.15, 0.2) is 11.5 Å². The van der Waals surface area contributed by atoms with Crippen molar-refractivity contribution in [1.82, 2.24) is 10.2 Å². The molecule has 3 N–H and O–H groups in total. The number of hydrogen-bond donors (Lipinski definition) is 3. The highest BCUT2D eigenvalue weighted by Crippen LogP contribution is 2.38. The Bertz CT molecular complexity index is 1080. The average Bonchev–Trinajstić information content (AvgIpc) is 3.52. The van der Waals surface area contributed by atoms with Crippen LogP contribution in [0, 0.1) is 15.4 Å². The highest BCUT2D eigenvalue weighted by Gasteiger charge is 2.43. The molecule has 9 nitrogen and oxygen atoms in total. The van der Waals surface area contributed by atoms with Gasteiger partial charge in [0.1, 0.15) is 18.5 Å². The second kappa shape index (κ2) is 14.6. The van der Waals surface area contributed by atoms with Gasteiger partial charge in [-0.1, -0.05) is 32.1 Å². The summed E-state index contributed by atoms with van der Waals surface area (Å²) in [5.74, 6) is 0.688. The van der Waals surface area contributed by atoms with Crippen molar-refractivity contribution in [3.8, 4) is 11.5 Å². The largest absolute Gasteiger partial charge is 0.493 e. The first-order valence-corrected chi connectivity index (χ1v) is 15.5. The Morgan fingerprint density at radius 2 is 1.82 bits per heavy atom. The van der Waals surface area contributed by atoms with Gasteiger partial charge in [0.05, 0.1) is 23.3 Å². The maximum absolute atomic E-state index is 14.0. The summed E-state index contributed by atoms with van der Waals surface area (Å²) in [6.07, 6.45) is 9.82. The van der Waals surface area contributed by atoms with Crippen molar-refractivity contribution in [2.24, 2.45) is 11.8 Å². The van der Waals surface area contributed by atoms with Crippen LogP contribution in [0.2, 0.25) is 0 Å². The molecule has 0 aromatic heterocycles. The summed E-state index contributed by atoms with van der Waals surface area (Å²) >= 11 is 2.05. The zero-order valence-corrected chi connectivity index (χ0v) is 25.3. The van der Waals surface area contributed by atoms with Gasteiger partial charge in [-0.2, -0.15) is 0 Å². The van der Waals surface area contributed by atoms with E-state index in [1.54, 1.807) is 18.2 Å².